The van der Waals surface area contributed by atoms with Gasteiger partial charge in [-0.15, -0.1) is 0 Å². The molecule has 0 spiro atoms. The van der Waals surface area contributed by atoms with E-state index in [4.69, 9.17) is 4.74 Å². The first-order chi connectivity index (χ1) is 16.5. The molecule has 0 aliphatic carbocycles. The van der Waals surface area contributed by atoms with Crippen molar-refractivity contribution in [2.24, 2.45) is 11.8 Å². The fraction of sp³-hybridized carbons (Fsp3) is 0.704. The molecule has 190 valence electrons. The Morgan fingerprint density at radius 1 is 1.12 bits per heavy atom. The number of piperidine rings is 1. The minimum absolute atomic E-state index is 0.00834. The molecule has 2 fully saturated rings. The molecular formula is C27H44N4O3. The lowest BCUT2D eigenvalue weighted by Crippen LogP contribution is -2.41. The lowest BCUT2D eigenvalue weighted by atomic mass is 9.97. The highest BCUT2D eigenvalue weighted by Crippen LogP contribution is 2.29. The van der Waals surface area contributed by atoms with E-state index >= 15 is 0 Å². The van der Waals surface area contributed by atoms with Crippen LogP contribution in [-0.4, -0.2) is 69.2 Å². The molecule has 34 heavy (non-hydrogen) atoms. The van der Waals surface area contributed by atoms with Gasteiger partial charge in [-0.05, 0) is 49.8 Å². The average molecular weight is 473 g/mol. The van der Waals surface area contributed by atoms with Gasteiger partial charge in [0.1, 0.15) is 0 Å². The Morgan fingerprint density at radius 2 is 1.85 bits per heavy atom. The van der Waals surface area contributed by atoms with Gasteiger partial charge in [0.15, 0.2) is 0 Å². The molecule has 7 nitrogen and oxygen atoms in total. The molecule has 2 N–H and O–H groups in total. The number of morpholine rings is 1. The fourth-order valence-electron chi connectivity index (χ4n) is 4.78. The van der Waals surface area contributed by atoms with Crippen molar-refractivity contribution >= 4 is 23.2 Å². The second kappa shape index (κ2) is 13.7. The summed E-state index contributed by atoms with van der Waals surface area (Å²) in [5, 5.41) is 6.20. The SMILES string of the molecule is CCCCC(CC)C(=O)Nc1ccc(N2CCC(C)CC2)c(C(=O)NCCN2CCOCC2)c1. The van der Waals surface area contributed by atoms with Crippen molar-refractivity contribution in [1.82, 2.24) is 10.2 Å². The van der Waals surface area contributed by atoms with Crippen LogP contribution in [0.2, 0.25) is 0 Å². The van der Waals surface area contributed by atoms with Gasteiger partial charge >= 0.3 is 0 Å². The van der Waals surface area contributed by atoms with E-state index in [1.807, 2.05) is 18.2 Å². The maximum absolute atomic E-state index is 13.3. The monoisotopic (exact) mass is 472 g/mol. The molecule has 2 amide bonds. The predicted octanol–water partition coefficient (Wildman–Crippen LogP) is 4.14. The number of carbonyl (C=O) groups excluding carboxylic acids is 2. The Kier molecular flexibility index (Phi) is 10.7. The summed E-state index contributed by atoms with van der Waals surface area (Å²) < 4.78 is 5.41. The first kappa shape index (κ1) is 26.5. The van der Waals surface area contributed by atoms with Crippen LogP contribution in [0.25, 0.3) is 0 Å². The van der Waals surface area contributed by atoms with Gasteiger partial charge in [-0.3, -0.25) is 14.5 Å². The van der Waals surface area contributed by atoms with Crippen LogP contribution in [0.3, 0.4) is 0 Å². The molecule has 1 unspecified atom stereocenters. The van der Waals surface area contributed by atoms with Crippen molar-refractivity contribution in [1.29, 1.82) is 0 Å². The van der Waals surface area contributed by atoms with E-state index < -0.39 is 0 Å². The van der Waals surface area contributed by atoms with Gasteiger partial charge < -0.3 is 20.3 Å². The third-order valence-corrected chi connectivity index (χ3v) is 7.22. The maximum atomic E-state index is 13.3. The van der Waals surface area contributed by atoms with Crippen LogP contribution >= 0.6 is 0 Å². The summed E-state index contributed by atoms with van der Waals surface area (Å²) in [7, 11) is 0. The first-order valence-corrected chi connectivity index (χ1v) is 13.3. The third kappa shape index (κ3) is 7.70. The summed E-state index contributed by atoms with van der Waals surface area (Å²) in [6, 6.07) is 5.82. The van der Waals surface area contributed by atoms with Gasteiger partial charge in [0.05, 0.1) is 18.8 Å². The van der Waals surface area contributed by atoms with Crippen LogP contribution < -0.4 is 15.5 Å². The van der Waals surface area contributed by atoms with Gasteiger partial charge in [0.25, 0.3) is 5.91 Å². The number of nitrogens with zero attached hydrogens (tertiary/aromatic N) is 2. The van der Waals surface area contributed by atoms with Crippen LogP contribution in [0, 0.1) is 11.8 Å². The first-order valence-electron chi connectivity index (χ1n) is 13.3. The normalized spacial score (nSPS) is 18.5. The summed E-state index contributed by atoms with van der Waals surface area (Å²) in [5.74, 6) is 0.703. The topological polar surface area (TPSA) is 73.9 Å². The van der Waals surface area contributed by atoms with Gasteiger partial charge in [-0.2, -0.15) is 0 Å². The lowest BCUT2D eigenvalue weighted by molar-refractivity contribution is -0.120. The van der Waals surface area contributed by atoms with E-state index in [0.717, 1.165) is 96.1 Å². The number of anilines is 2. The van der Waals surface area contributed by atoms with Crippen LogP contribution in [-0.2, 0) is 9.53 Å². The van der Waals surface area contributed by atoms with E-state index in [1.165, 1.54) is 0 Å². The minimum atomic E-state index is -0.0731. The smallest absolute Gasteiger partial charge is 0.253 e. The number of amides is 2. The molecule has 2 aliphatic heterocycles. The molecule has 1 aromatic carbocycles. The second-order valence-electron chi connectivity index (χ2n) is 9.85. The zero-order valence-corrected chi connectivity index (χ0v) is 21.4. The molecule has 3 rings (SSSR count). The van der Waals surface area contributed by atoms with Crippen molar-refractivity contribution in [3.05, 3.63) is 23.8 Å². The van der Waals surface area contributed by atoms with Crippen molar-refractivity contribution in [2.75, 3.05) is 62.7 Å². The highest BCUT2D eigenvalue weighted by atomic mass is 16.5. The van der Waals surface area contributed by atoms with Crippen LogP contribution in [0.4, 0.5) is 11.4 Å². The van der Waals surface area contributed by atoms with Crippen molar-refractivity contribution in [3.63, 3.8) is 0 Å². The standard InChI is InChI=1S/C27H44N4O3/c1-4-6-7-22(5-2)26(32)29-23-8-9-25(31-13-10-21(3)11-14-31)24(20-23)27(33)28-12-15-30-16-18-34-19-17-30/h8-9,20-22H,4-7,10-19H2,1-3H3,(H,28,33)(H,29,32). The number of hydrogen-bond acceptors (Lipinski definition) is 5. The quantitative estimate of drug-likeness (QED) is 0.506. The van der Waals surface area contributed by atoms with Gasteiger partial charge in [-0.25, -0.2) is 0 Å². The van der Waals surface area contributed by atoms with Crippen molar-refractivity contribution in [2.45, 2.75) is 59.3 Å². The van der Waals surface area contributed by atoms with E-state index in [-0.39, 0.29) is 17.7 Å². The third-order valence-electron chi connectivity index (χ3n) is 7.22. The lowest BCUT2D eigenvalue weighted by Gasteiger charge is -2.33. The Bertz CT molecular complexity index is 786. The summed E-state index contributed by atoms with van der Waals surface area (Å²) in [5.41, 5.74) is 2.31. The molecule has 0 aromatic heterocycles. The van der Waals surface area contributed by atoms with Crippen LogP contribution in [0.1, 0.15) is 69.7 Å². The van der Waals surface area contributed by atoms with E-state index in [2.05, 4.69) is 41.2 Å². The van der Waals surface area contributed by atoms with Crippen LogP contribution in [0.15, 0.2) is 18.2 Å². The van der Waals surface area contributed by atoms with Gasteiger partial charge in [0, 0.05) is 56.6 Å². The largest absolute Gasteiger partial charge is 0.379 e. The summed E-state index contributed by atoms with van der Waals surface area (Å²) in [6.07, 6.45) is 6.12. The fourth-order valence-corrected chi connectivity index (χ4v) is 4.78. The molecule has 1 aromatic rings. The molecule has 0 radical (unpaired) electrons. The zero-order chi connectivity index (χ0) is 24.3. The van der Waals surface area contributed by atoms with Crippen molar-refractivity contribution in [3.8, 4) is 0 Å². The molecular weight excluding hydrogens is 428 g/mol. The maximum Gasteiger partial charge on any atom is 0.253 e. The number of carbonyl (C=O) groups is 2. The van der Waals surface area contributed by atoms with E-state index in [9.17, 15) is 9.59 Å². The Balaban J connectivity index is 1.71. The molecule has 2 saturated heterocycles. The molecule has 2 aliphatic rings. The average Bonchev–Trinajstić information content (AvgIpc) is 2.85. The number of rotatable bonds is 11. The highest BCUT2D eigenvalue weighted by molar-refractivity contribution is 6.02. The Morgan fingerprint density at radius 3 is 2.53 bits per heavy atom. The number of hydrogen-bond donors (Lipinski definition) is 2. The molecule has 0 saturated carbocycles. The molecule has 0 bridgehead atoms. The Hall–Kier alpha value is -2.12. The zero-order valence-electron chi connectivity index (χ0n) is 21.4. The second-order valence-corrected chi connectivity index (χ2v) is 9.85. The number of nitrogens with one attached hydrogen (secondary N) is 2. The highest BCUT2D eigenvalue weighted by Gasteiger charge is 2.23. The summed E-state index contributed by atoms with van der Waals surface area (Å²) in [6.45, 7) is 13.1. The van der Waals surface area contributed by atoms with E-state index in [1.54, 1.807) is 0 Å². The predicted molar refractivity (Wildman–Crippen MR) is 139 cm³/mol. The van der Waals surface area contributed by atoms with Gasteiger partial charge in [-0.1, -0.05) is 33.6 Å². The van der Waals surface area contributed by atoms with Crippen molar-refractivity contribution < 1.29 is 14.3 Å². The minimum Gasteiger partial charge on any atom is -0.379 e. The van der Waals surface area contributed by atoms with E-state index in [0.29, 0.717) is 17.8 Å². The number of unbranched alkanes of at least 4 members (excludes halogenated alkanes) is 1. The van der Waals surface area contributed by atoms with Crippen LogP contribution in [0.5, 0.6) is 0 Å². The molecule has 2 heterocycles. The summed E-state index contributed by atoms with van der Waals surface area (Å²) >= 11 is 0. The van der Waals surface area contributed by atoms with Gasteiger partial charge in [0.2, 0.25) is 5.91 Å². The number of benzene rings is 1. The molecule has 7 heteroatoms. The number of ether oxygens (including phenoxy) is 1. The summed E-state index contributed by atoms with van der Waals surface area (Å²) in [4.78, 5) is 30.8. The Labute approximate surface area is 205 Å². The molecule has 1 atom stereocenters.